The molecule has 0 aromatic heterocycles. The SMILES string of the molecule is CCO[Si](C)(C)CCCC1CCCC2OC12. The number of epoxide rings is 1. The van der Waals surface area contributed by atoms with Gasteiger partial charge < -0.3 is 9.16 Å². The third kappa shape index (κ3) is 3.31. The summed E-state index contributed by atoms with van der Waals surface area (Å²) in [6.45, 7) is 7.68. The monoisotopic (exact) mass is 242 g/mol. The predicted octanol–water partition coefficient (Wildman–Crippen LogP) is 3.58. The van der Waals surface area contributed by atoms with Crippen LogP contribution in [0.15, 0.2) is 0 Å². The highest BCUT2D eigenvalue weighted by Crippen LogP contribution is 2.42. The zero-order valence-corrected chi connectivity index (χ0v) is 12.0. The van der Waals surface area contributed by atoms with Gasteiger partial charge in [0, 0.05) is 6.61 Å². The van der Waals surface area contributed by atoms with E-state index in [4.69, 9.17) is 9.16 Å². The highest BCUT2D eigenvalue weighted by molar-refractivity contribution is 6.71. The van der Waals surface area contributed by atoms with E-state index in [-0.39, 0.29) is 0 Å². The highest BCUT2D eigenvalue weighted by Gasteiger charge is 2.46. The Morgan fingerprint density at radius 2 is 2.12 bits per heavy atom. The van der Waals surface area contributed by atoms with Gasteiger partial charge >= 0.3 is 0 Å². The van der Waals surface area contributed by atoms with Gasteiger partial charge in [-0.1, -0.05) is 12.8 Å². The van der Waals surface area contributed by atoms with Gasteiger partial charge in [0.1, 0.15) is 0 Å². The summed E-state index contributed by atoms with van der Waals surface area (Å²) in [6, 6.07) is 1.31. The number of ether oxygens (including phenoxy) is 1. The molecule has 16 heavy (non-hydrogen) atoms. The fourth-order valence-electron chi connectivity index (χ4n) is 3.11. The molecular weight excluding hydrogens is 216 g/mol. The standard InChI is InChI=1S/C13H26O2Si/c1-4-14-16(2,3)10-6-8-11-7-5-9-12-13(11)15-12/h11-13H,4-10H2,1-3H3. The van der Waals surface area contributed by atoms with Crippen molar-refractivity contribution < 1.29 is 9.16 Å². The summed E-state index contributed by atoms with van der Waals surface area (Å²) in [5.74, 6) is 0.866. The van der Waals surface area contributed by atoms with Gasteiger partial charge in [0.25, 0.3) is 0 Å². The molecule has 0 N–H and O–H groups in total. The van der Waals surface area contributed by atoms with Crippen molar-refractivity contribution in [1.82, 2.24) is 0 Å². The zero-order valence-electron chi connectivity index (χ0n) is 11.0. The topological polar surface area (TPSA) is 21.8 Å². The maximum atomic E-state index is 5.86. The molecular formula is C13H26O2Si. The molecule has 3 unspecified atom stereocenters. The van der Waals surface area contributed by atoms with Crippen LogP contribution < -0.4 is 0 Å². The summed E-state index contributed by atoms with van der Waals surface area (Å²) in [6.07, 6.45) is 8.11. The molecule has 1 saturated heterocycles. The summed E-state index contributed by atoms with van der Waals surface area (Å²) in [4.78, 5) is 0. The Morgan fingerprint density at radius 1 is 1.31 bits per heavy atom. The molecule has 2 rings (SSSR count). The molecule has 2 fully saturated rings. The van der Waals surface area contributed by atoms with E-state index in [0.717, 1.165) is 12.5 Å². The maximum Gasteiger partial charge on any atom is 0.186 e. The molecule has 2 nitrogen and oxygen atoms in total. The second kappa shape index (κ2) is 5.19. The molecule has 1 aliphatic heterocycles. The summed E-state index contributed by atoms with van der Waals surface area (Å²) in [5.41, 5.74) is 0. The van der Waals surface area contributed by atoms with E-state index in [0.29, 0.717) is 12.2 Å². The molecule has 1 saturated carbocycles. The lowest BCUT2D eigenvalue weighted by Crippen LogP contribution is -2.30. The number of hydrogen-bond donors (Lipinski definition) is 0. The van der Waals surface area contributed by atoms with E-state index in [2.05, 4.69) is 20.0 Å². The minimum atomic E-state index is -1.34. The van der Waals surface area contributed by atoms with Crippen molar-refractivity contribution in [3.8, 4) is 0 Å². The van der Waals surface area contributed by atoms with Crippen molar-refractivity contribution in [3.63, 3.8) is 0 Å². The van der Waals surface area contributed by atoms with Crippen LogP contribution in [-0.4, -0.2) is 27.1 Å². The minimum Gasteiger partial charge on any atom is -0.418 e. The van der Waals surface area contributed by atoms with Gasteiger partial charge in [-0.2, -0.15) is 0 Å². The molecule has 0 radical (unpaired) electrons. The van der Waals surface area contributed by atoms with Crippen LogP contribution in [0.2, 0.25) is 19.1 Å². The summed E-state index contributed by atoms with van der Waals surface area (Å²) < 4.78 is 11.6. The Bertz CT molecular complexity index is 230. The quantitative estimate of drug-likeness (QED) is 0.524. The zero-order chi connectivity index (χ0) is 11.6. The third-order valence-corrected chi connectivity index (χ3v) is 6.67. The van der Waals surface area contributed by atoms with E-state index in [1.165, 1.54) is 38.1 Å². The molecule has 0 spiro atoms. The minimum absolute atomic E-state index is 0.644. The molecule has 1 heterocycles. The fourth-order valence-corrected chi connectivity index (χ4v) is 5.09. The van der Waals surface area contributed by atoms with Gasteiger partial charge in [0.05, 0.1) is 12.2 Å². The van der Waals surface area contributed by atoms with Crippen LogP contribution in [0.3, 0.4) is 0 Å². The smallest absolute Gasteiger partial charge is 0.186 e. The number of fused-ring (bicyclic) bond motifs is 1. The molecule has 0 bridgehead atoms. The Morgan fingerprint density at radius 3 is 2.88 bits per heavy atom. The van der Waals surface area contributed by atoms with Crippen LogP contribution in [0.25, 0.3) is 0 Å². The van der Waals surface area contributed by atoms with Crippen LogP contribution in [0.5, 0.6) is 0 Å². The Hall–Kier alpha value is 0.137. The van der Waals surface area contributed by atoms with Crippen molar-refractivity contribution in [2.24, 2.45) is 5.92 Å². The van der Waals surface area contributed by atoms with Crippen LogP contribution in [0.4, 0.5) is 0 Å². The van der Waals surface area contributed by atoms with Crippen molar-refractivity contribution in [3.05, 3.63) is 0 Å². The first kappa shape index (κ1) is 12.6. The van der Waals surface area contributed by atoms with Gasteiger partial charge in [-0.05, 0) is 51.2 Å². The van der Waals surface area contributed by atoms with Crippen LogP contribution in [0, 0.1) is 5.92 Å². The van der Waals surface area contributed by atoms with E-state index >= 15 is 0 Å². The summed E-state index contributed by atoms with van der Waals surface area (Å²) in [5, 5.41) is 0. The van der Waals surface area contributed by atoms with Crippen molar-refractivity contribution in [1.29, 1.82) is 0 Å². The summed E-state index contributed by atoms with van der Waals surface area (Å²) in [7, 11) is -1.34. The Kier molecular flexibility index (Phi) is 4.09. The molecule has 0 amide bonds. The molecule has 1 aliphatic carbocycles. The highest BCUT2D eigenvalue weighted by atomic mass is 28.4. The van der Waals surface area contributed by atoms with E-state index < -0.39 is 8.32 Å². The lowest BCUT2D eigenvalue weighted by Gasteiger charge is -2.24. The van der Waals surface area contributed by atoms with E-state index in [9.17, 15) is 0 Å². The molecule has 2 aliphatic rings. The first-order valence-corrected chi connectivity index (χ1v) is 10.0. The van der Waals surface area contributed by atoms with Crippen molar-refractivity contribution in [2.75, 3.05) is 6.61 Å². The maximum absolute atomic E-state index is 5.86. The molecule has 3 heteroatoms. The lowest BCUT2D eigenvalue weighted by molar-refractivity contribution is 0.300. The second-order valence-electron chi connectivity index (χ2n) is 5.92. The van der Waals surface area contributed by atoms with Gasteiger partial charge in [-0.25, -0.2) is 0 Å². The van der Waals surface area contributed by atoms with E-state index in [1.807, 2.05) is 0 Å². The van der Waals surface area contributed by atoms with Gasteiger partial charge in [0.15, 0.2) is 8.32 Å². The second-order valence-corrected chi connectivity index (χ2v) is 10.2. The molecule has 0 aromatic carbocycles. The van der Waals surface area contributed by atoms with Crippen molar-refractivity contribution in [2.45, 2.75) is 70.4 Å². The van der Waals surface area contributed by atoms with Crippen LogP contribution in [-0.2, 0) is 9.16 Å². The van der Waals surface area contributed by atoms with Gasteiger partial charge in [0.2, 0.25) is 0 Å². The largest absolute Gasteiger partial charge is 0.418 e. The molecule has 3 atom stereocenters. The average molecular weight is 242 g/mol. The van der Waals surface area contributed by atoms with E-state index in [1.54, 1.807) is 0 Å². The lowest BCUT2D eigenvalue weighted by atomic mass is 9.86. The molecule has 0 aromatic rings. The normalized spacial score (nSPS) is 33.6. The van der Waals surface area contributed by atoms with Crippen molar-refractivity contribution >= 4 is 8.32 Å². The first-order valence-electron chi connectivity index (χ1n) is 6.92. The average Bonchev–Trinajstić information content (AvgIpc) is 2.96. The van der Waals surface area contributed by atoms with Gasteiger partial charge in [-0.3, -0.25) is 0 Å². The predicted molar refractivity (Wildman–Crippen MR) is 69.2 cm³/mol. The van der Waals surface area contributed by atoms with Gasteiger partial charge in [-0.15, -0.1) is 0 Å². The molecule has 94 valence electrons. The fraction of sp³-hybridized carbons (Fsp3) is 1.00. The Balaban J connectivity index is 1.64. The third-order valence-electron chi connectivity index (χ3n) is 4.04. The summed E-state index contributed by atoms with van der Waals surface area (Å²) >= 11 is 0. The van der Waals surface area contributed by atoms with Crippen LogP contribution in [0.1, 0.15) is 39.0 Å². The Labute approximate surface area is 101 Å². The van der Waals surface area contributed by atoms with Crippen LogP contribution >= 0.6 is 0 Å². The number of rotatable bonds is 6. The number of hydrogen-bond acceptors (Lipinski definition) is 2. The first-order chi connectivity index (χ1) is 7.62.